The summed E-state index contributed by atoms with van der Waals surface area (Å²) in [6.45, 7) is 1.98. The maximum absolute atomic E-state index is 12.0. The third-order valence-electron chi connectivity index (χ3n) is 3.11. The summed E-state index contributed by atoms with van der Waals surface area (Å²) in [4.78, 5) is 35.0. The average molecular weight is 424 g/mol. The molecule has 9 heteroatoms. The summed E-state index contributed by atoms with van der Waals surface area (Å²) in [6.07, 6.45) is 0. The van der Waals surface area contributed by atoms with Crippen molar-refractivity contribution in [2.24, 2.45) is 0 Å². The van der Waals surface area contributed by atoms with Crippen molar-refractivity contribution in [1.29, 1.82) is 0 Å². The molecule has 2 aromatic rings. The number of aryl methyl sites for hydroxylation is 1. The van der Waals surface area contributed by atoms with Crippen LogP contribution < -0.4 is 10.9 Å². The first-order valence-electron chi connectivity index (χ1n) is 7.09. The van der Waals surface area contributed by atoms with Gasteiger partial charge in [-0.05, 0) is 47.1 Å². The fourth-order valence-electron chi connectivity index (χ4n) is 1.81. The molecule has 0 aromatic heterocycles. The number of nitrogens with zero attached hydrogens (tertiary/aromatic N) is 1. The van der Waals surface area contributed by atoms with Gasteiger partial charge in [0.25, 0.3) is 11.6 Å². The van der Waals surface area contributed by atoms with Crippen LogP contribution >= 0.6 is 27.7 Å². The van der Waals surface area contributed by atoms with Crippen LogP contribution in [0.4, 0.5) is 5.69 Å². The molecule has 2 rings (SSSR count). The highest BCUT2D eigenvalue weighted by Crippen LogP contribution is 2.25. The van der Waals surface area contributed by atoms with E-state index in [-0.39, 0.29) is 27.4 Å². The number of thioether (sulfide) groups is 1. The molecule has 0 aliphatic rings. The van der Waals surface area contributed by atoms with Gasteiger partial charge < -0.3 is 0 Å². The standard InChI is InChI=1S/C16H14BrN3O4S/c1-10-2-5-12(6-3-10)25-9-15(21)18-19-16(22)11-4-7-13(17)14(8-11)20(23)24/h2-8H,9H2,1H3,(H,18,21)(H,19,22). The zero-order chi connectivity index (χ0) is 18.4. The third-order valence-corrected chi connectivity index (χ3v) is 4.79. The maximum Gasteiger partial charge on any atom is 0.284 e. The van der Waals surface area contributed by atoms with Gasteiger partial charge in [-0.2, -0.15) is 0 Å². The van der Waals surface area contributed by atoms with Crippen molar-refractivity contribution in [2.45, 2.75) is 11.8 Å². The minimum Gasteiger partial charge on any atom is -0.272 e. The first-order chi connectivity index (χ1) is 11.9. The molecule has 2 N–H and O–H groups in total. The van der Waals surface area contributed by atoms with Crippen LogP contribution in [-0.4, -0.2) is 22.5 Å². The molecule has 0 fully saturated rings. The number of halogens is 1. The van der Waals surface area contributed by atoms with Crippen LogP contribution in [0, 0.1) is 17.0 Å². The Balaban J connectivity index is 1.87. The highest BCUT2D eigenvalue weighted by molar-refractivity contribution is 9.10. The lowest BCUT2D eigenvalue weighted by Crippen LogP contribution is -2.42. The molecule has 2 amide bonds. The Bertz CT molecular complexity index is 812. The van der Waals surface area contributed by atoms with Crippen LogP contribution in [0.2, 0.25) is 0 Å². The molecular formula is C16H14BrN3O4S. The second kappa shape index (κ2) is 8.63. The quantitative estimate of drug-likeness (QED) is 0.436. The van der Waals surface area contributed by atoms with E-state index in [1.165, 1.54) is 23.9 Å². The number of nitro benzene ring substituents is 1. The summed E-state index contributed by atoms with van der Waals surface area (Å²) in [5.74, 6) is -0.890. The first-order valence-corrected chi connectivity index (χ1v) is 8.87. The molecule has 0 atom stereocenters. The molecule has 0 saturated heterocycles. The molecule has 0 unspecified atom stereocenters. The summed E-state index contributed by atoms with van der Waals surface area (Å²) in [6, 6.07) is 11.7. The lowest BCUT2D eigenvalue weighted by molar-refractivity contribution is -0.385. The van der Waals surface area contributed by atoms with Crippen molar-refractivity contribution < 1.29 is 14.5 Å². The fraction of sp³-hybridized carbons (Fsp3) is 0.125. The Morgan fingerprint density at radius 2 is 1.84 bits per heavy atom. The van der Waals surface area contributed by atoms with E-state index in [1.54, 1.807) is 0 Å². The fourth-order valence-corrected chi connectivity index (χ4v) is 2.90. The predicted octanol–water partition coefficient (Wildman–Crippen LogP) is 3.22. The van der Waals surface area contributed by atoms with E-state index in [0.717, 1.165) is 16.5 Å². The van der Waals surface area contributed by atoms with Gasteiger partial charge >= 0.3 is 0 Å². The Morgan fingerprint density at radius 3 is 2.48 bits per heavy atom. The molecular weight excluding hydrogens is 410 g/mol. The van der Waals surface area contributed by atoms with Gasteiger partial charge in [0.1, 0.15) is 0 Å². The average Bonchev–Trinajstić information content (AvgIpc) is 2.59. The molecule has 0 saturated carbocycles. The number of nitro groups is 1. The highest BCUT2D eigenvalue weighted by atomic mass is 79.9. The summed E-state index contributed by atoms with van der Waals surface area (Å²) >= 11 is 4.38. The van der Waals surface area contributed by atoms with E-state index >= 15 is 0 Å². The van der Waals surface area contributed by atoms with E-state index < -0.39 is 10.8 Å². The van der Waals surface area contributed by atoms with Gasteiger partial charge in [-0.15, -0.1) is 11.8 Å². The molecule has 25 heavy (non-hydrogen) atoms. The van der Waals surface area contributed by atoms with Gasteiger partial charge in [0.2, 0.25) is 5.91 Å². The predicted molar refractivity (Wildman–Crippen MR) is 98.3 cm³/mol. The van der Waals surface area contributed by atoms with Crippen molar-refractivity contribution >= 4 is 45.2 Å². The number of benzene rings is 2. The summed E-state index contributed by atoms with van der Waals surface area (Å²) < 4.78 is 0.271. The number of amides is 2. The van der Waals surface area contributed by atoms with Crippen LogP contribution in [0.15, 0.2) is 51.8 Å². The number of nitrogens with one attached hydrogen (secondary N) is 2. The summed E-state index contributed by atoms with van der Waals surface area (Å²) in [5.41, 5.74) is 5.50. The van der Waals surface area contributed by atoms with E-state index in [0.29, 0.717) is 0 Å². The van der Waals surface area contributed by atoms with Crippen LogP contribution in [0.5, 0.6) is 0 Å². The first kappa shape index (κ1) is 18.9. The van der Waals surface area contributed by atoms with Gasteiger partial charge in [-0.3, -0.25) is 30.6 Å². The second-order valence-electron chi connectivity index (χ2n) is 5.03. The van der Waals surface area contributed by atoms with E-state index in [1.807, 2.05) is 31.2 Å². The number of hydrazine groups is 1. The molecule has 0 bridgehead atoms. The number of rotatable bonds is 5. The highest BCUT2D eigenvalue weighted by Gasteiger charge is 2.16. The number of carbonyl (C=O) groups excluding carboxylic acids is 2. The van der Waals surface area contributed by atoms with E-state index in [4.69, 9.17) is 0 Å². The Hall–Kier alpha value is -2.39. The van der Waals surface area contributed by atoms with Crippen LogP contribution in [-0.2, 0) is 4.79 Å². The number of carbonyl (C=O) groups is 2. The van der Waals surface area contributed by atoms with Crippen LogP contribution in [0.3, 0.4) is 0 Å². The summed E-state index contributed by atoms with van der Waals surface area (Å²) in [7, 11) is 0. The van der Waals surface area contributed by atoms with Crippen LogP contribution in [0.25, 0.3) is 0 Å². The minimum atomic E-state index is -0.635. The van der Waals surface area contributed by atoms with Crippen molar-refractivity contribution in [3.63, 3.8) is 0 Å². The molecule has 0 spiro atoms. The zero-order valence-electron chi connectivity index (χ0n) is 13.1. The van der Waals surface area contributed by atoms with Gasteiger partial charge in [-0.1, -0.05) is 17.7 Å². The third kappa shape index (κ3) is 5.57. The smallest absolute Gasteiger partial charge is 0.272 e. The lowest BCUT2D eigenvalue weighted by atomic mass is 10.2. The summed E-state index contributed by atoms with van der Waals surface area (Å²) in [5, 5.41) is 10.9. The largest absolute Gasteiger partial charge is 0.284 e. The Labute approximate surface area is 156 Å². The maximum atomic E-state index is 12.0. The molecule has 130 valence electrons. The zero-order valence-corrected chi connectivity index (χ0v) is 15.5. The SMILES string of the molecule is Cc1ccc(SCC(=O)NNC(=O)c2ccc(Br)c([N+](=O)[O-])c2)cc1. The monoisotopic (exact) mass is 423 g/mol. The molecule has 0 aliphatic heterocycles. The van der Waals surface area contributed by atoms with Crippen LogP contribution in [0.1, 0.15) is 15.9 Å². The number of hydrogen-bond donors (Lipinski definition) is 2. The van der Waals surface area contributed by atoms with E-state index in [9.17, 15) is 19.7 Å². The van der Waals surface area contributed by atoms with Crippen molar-refractivity contribution in [3.05, 3.63) is 68.2 Å². The number of hydrogen-bond acceptors (Lipinski definition) is 5. The molecule has 7 nitrogen and oxygen atoms in total. The van der Waals surface area contributed by atoms with Gasteiger partial charge in [0.05, 0.1) is 15.1 Å². The molecule has 0 aliphatic carbocycles. The lowest BCUT2D eigenvalue weighted by Gasteiger charge is -2.08. The minimum absolute atomic E-state index is 0.0707. The Morgan fingerprint density at radius 1 is 1.16 bits per heavy atom. The van der Waals surface area contributed by atoms with Gasteiger partial charge in [0.15, 0.2) is 0 Å². The van der Waals surface area contributed by atoms with Crippen molar-refractivity contribution in [2.75, 3.05) is 5.75 Å². The molecule has 0 heterocycles. The topological polar surface area (TPSA) is 101 Å². The van der Waals surface area contributed by atoms with E-state index in [2.05, 4.69) is 26.8 Å². The van der Waals surface area contributed by atoms with Crippen molar-refractivity contribution in [3.8, 4) is 0 Å². The molecule has 2 aromatic carbocycles. The second-order valence-corrected chi connectivity index (χ2v) is 6.93. The van der Waals surface area contributed by atoms with Gasteiger partial charge in [0, 0.05) is 16.5 Å². The molecule has 0 radical (unpaired) electrons. The normalized spacial score (nSPS) is 10.2. The van der Waals surface area contributed by atoms with Gasteiger partial charge in [-0.25, -0.2) is 0 Å². The Kier molecular flexibility index (Phi) is 6.54. The van der Waals surface area contributed by atoms with Crippen molar-refractivity contribution in [1.82, 2.24) is 10.9 Å².